The fraction of sp³-hybridized carbons (Fsp3) is 0.235. The number of amides is 1. The number of carbonyl (C=O) groups is 1. The average molecular weight is 268 g/mol. The van der Waals surface area contributed by atoms with Crippen LogP contribution < -0.4 is 5.32 Å². The Morgan fingerprint density at radius 1 is 1.00 bits per heavy atom. The highest BCUT2D eigenvalue weighted by Gasteiger charge is 2.07. The van der Waals surface area contributed by atoms with Gasteiger partial charge in [-0.25, -0.2) is 0 Å². The van der Waals surface area contributed by atoms with E-state index in [4.69, 9.17) is 0 Å². The molecule has 0 heterocycles. The molecule has 0 aliphatic heterocycles. The van der Waals surface area contributed by atoms with Crippen LogP contribution in [-0.2, 0) is 11.3 Å². The van der Waals surface area contributed by atoms with Gasteiger partial charge in [0, 0.05) is 13.6 Å². The first-order valence-electron chi connectivity index (χ1n) is 6.73. The minimum atomic E-state index is 0.0969. The van der Waals surface area contributed by atoms with Gasteiger partial charge in [-0.2, -0.15) is 0 Å². The number of rotatable bonds is 5. The summed E-state index contributed by atoms with van der Waals surface area (Å²) in [5.74, 6) is 0.0969. The van der Waals surface area contributed by atoms with E-state index in [0.717, 1.165) is 5.56 Å². The lowest BCUT2D eigenvalue weighted by atomic mass is 10.0. The summed E-state index contributed by atoms with van der Waals surface area (Å²) in [5.41, 5.74) is 3.54. The zero-order chi connectivity index (χ0) is 14.4. The van der Waals surface area contributed by atoms with Gasteiger partial charge < -0.3 is 10.2 Å². The Labute approximate surface area is 120 Å². The van der Waals surface area contributed by atoms with Gasteiger partial charge in [-0.3, -0.25) is 4.79 Å². The van der Waals surface area contributed by atoms with Crippen LogP contribution in [0.2, 0.25) is 0 Å². The average Bonchev–Trinajstić information content (AvgIpc) is 2.49. The maximum Gasteiger partial charge on any atom is 0.236 e. The molecule has 104 valence electrons. The summed E-state index contributed by atoms with van der Waals surface area (Å²) >= 11 is 0. The van der Waals surface area contributed by atoms with Gasteiger partial charge in [-0.15, -0.1) is 0 Å². The largest absolute Gasteiger partial charge is 0.340 e. The van der Waals surface area contributed by atoms with Crippen LogP contribution in [0.15, 0.2) is 54.6 Å². The third-order valence-corrected chi connectivity index (χ3v) is 3.23. The Balaban J connectivity index is 2.04. The van der Waals surface area contributed by atoms with Crippen LogP contribution >= 0.6 is 0 Å². The molecule has 0 saturated heterocycles. The Hall–Kier alpha value is -2.13. The topological polar surface area (TPSA) is 32.3 Å². The molecule has 0 radical (unpaired) electrons. The van der Waals surface area contributed by atoms with Crippen LogP contribution in [0.3, 0.4) is 0 Å². The number of nitrogens with zero attached hydrogens (tertiary/aromatic N) is 1. The summed E-state index contributed by atoms with van der Waals surface area (Å²) in [6, 6.07) is 18.6. The number of carbonyl (C=O) groups excluding carboxylic acids is 1. The number of hydrogen-bond donors (Lipinski definition) is 1. The highest BCUT2D eigenvalue weighted by atomic mass is 16.2. The van der Waals surface area contributed by atoms with Crippen molar-refractivity contribution in [2.45, 2.75) is 6.54 Å². The first-order chi connectivity index (χ1) is 9.70. The molecule has 0 saturated carbocycles. The van der Waals surface area contributed by atoms with E-state index in [0.29, 0.717) is 13.1 Å². The minimum Gasteiger partial charge on any atom is -0.340 e. The molecule has 0 fully saturated rings. The van der Waals surface area contributed by atoms with Crippen molar-refractivity contribution in [3.05, 3.63) is 60.2 Å². The molecule has 0 unspecified atom stereocenters. The fourth-order valence-electron chi connectivity index (χ4n) is 2.08. The molecule has 2 rings (SSSR count). The first kappa shape index (κ1) is 14.3. The number of hydrogen-bond acceptors (Lipinski definition) is 2. The normalized spacial score (nSPS) is 10.3. The quantitative estimate of drug-likeness (QED) is 0.903. The maximum atomic E-state index is 11.7. The van der Waals surface area contributed by atoms with Crippen molar-refractivity contribution in [3.8, 4) is 11.1 Å². The van der Waals surface area contributed by atoms with Crippen molar-refractivity contribution in [3.63, 3.8) is 0 Å². The van der Waals surface area contributed by atoms with E-state index in [-0.39, 0.29) is 5.91 Å². The third kappa shape index (κ3) is 3.68. The second-order valence-corrected chi connectivity index (χ2v) is 4.84. The maximum absolute atomic E-state index is 11.7. The van der Waals surface area contributed by atoms with Crippen molar-refractivity contribution < 1.29 is 4.79 Å². The number of nitrogens with one attached hydrogen (secondary N) is 1. The van der Waals surface area contributed by atoms with Crippen molar-refractivity contribution in [1.82, 2.24) is 10.2 Å². The first-order valence-corrected chi connectivity index (χ1v) is 6.73. The van der Waals surface area contributed by atoms with Gasteiger partial charge in [0.05, 0.1) is 6.54 Å². The SMILES string of the molecule is CNCC(=O)N(C)Cc1ccc(-c2ccccc2)cc1. The molecular formula is C17H20N2O. The van der Waals surface area contributed by atoms with E-state index < -0.39 is 0 Å². The van der Waals surface area contributed by atoms with E-state index in [1.807, 2.05) is 25.2 Å². The second-order valence-electron chi connectivity index (χ2n) is 4.84. The zero-order valence-corrected chi connectivity index (χ0v) is 12.0. The molecule has 0 aliphatic carbocycles. The molecule has 0 bridgehead atoms. The van der Waals surface area contributed by atoms with Crippen molar-refractivity contribution in [1.29, 1.82) is 0 Å². The van der Waals surface area contributed by atoms with E-state index >= 15 is 0 Å². The van der Waals surface area contributed by atoms with E-state index in [9.17, 15) is 4.79 Å². The Morgan fingerprint density at radius 2 is 1.60 bits per heavy atom. The van der Waals surface area contributed by atoms with Crippen LogP contribution in [0.25, 0.3) is 11.1 Å². The molecule has 0 aromatic heterocycles. The van der Waals surface area contributed by atoms with Crippen LogP contribution in [0.1, 0.15) is 5.56 Å². The molecule has 1 N–H and O–H groups in total. The van der Waals surface area contributed by atoms with Crippen molar-refractivity contribution >= 4 is 5.91 Å². The fourth-order valence-corrected chi connectivity index (χ4v) is 2.08. The van der Waals surface area contributed by atoms with Crippen LogP contribution in [0, 0.1) is 0 Å². The molecule has 3 nitrogen and oxygen atoms in total. The third-order valence-electron chi connectivity index (χ3n) is 3.23. The molecular weight excluding hydrogens is 248 g/mol. The van der Waals surface area contributed by atoms with Gasteiger partial charge in [-0.1, -0.05) is 54.6 Å². The van der Waals surface area contributed by atoms with E-state index in [1.54, 1.807) is 11.9 Å². The van der Waals surface area contributed by atoms with Gasteiger partial charge in [-0.05, 0) is 23.7 Å². The zero-order valence-electron chi connectivity index (χ0n) is 12.0. The second kappa shape index (κ2) is 6.87. The molecule has 0 spiro atoms. The molecule has 0 aliphatic rings. The van der Waals surface area contributed by atoms with Gasteiger partial charge in [0.1, 0.15) is 0 Å². The summed E-state index contributed by atoms with van der Waals surface area (Å²) in [4.78, 5) is 13.4. The molecule has 3 heteroatoms. The van der Waals surface area contributed by atoms with Crippen LogP contribution in [0.5, 0.6) is 0 Å². The number of benzene rings is 2. The van der Waals surface area contributed by atoms with Gasteiger partial charge in [0.15, 0.2) is 0 Å². The molecule has 0 atom stereocenters. The summed E-state index contributed by atoms with van der Waals surface area (Å²) in [5, 5.41) is 2.87. The predicted molar refractivity (Wildman–Crippen MR) is 82.3 cm³/mol. The Morgan fingerprint density at radius 3 is 2.20 bits per heavy atom. The monoisotopic (exact) mass is 268 g/mol. The highest BCUT2D eigenvalue weighted by molar-refractivity contribution is 5.77. The lowest BCUT2D eigenvalue weighted by molar-refractivity contribution is -0.129. The molecule has 20 heavy (non-hydrogen) atoms. The van der Waals surface area contributed by atoms with Gasteiger partial charge in [0.25, 0.3) is 0 Å². The summed E-state index contributed by atoms with van der Waals surface area (Å²) in [6.45, 7) is 1.01. The van der Waals surface area contributed by atoms with Gasteiger partial charge in [0.2, 0.25) is 5.91 Å². The van der Waals surface area contributed by atoms with Crippen molar-refractivity contribution in [2.75, 3.05) is 20.6 Å². The standard InChI is InChI=1S/C17H20N2O/c1-18-12-17(20)19(2)13-14-8-10-16(11-9-14)15-6-4-3-5-7-15/h3-11,18H,12-13H2,1-2H3. The van der Waals surface area contributed by atoms with E-state index in [2.05, 4.69) is 41.7 Å². The summed E-state index contributed by atoms with van der Waals surface area (Å²) < 4.78 is 0. The summed E-state index contributed by atoms with van der Waals surface area (Å²) in [6.07, 6.45) is 0. The van der Waals surface area contributed by atoms with Crippen LogP contribution in [0.4, 0.5) is 0 Å². The lowest BCUT2D eigenvalue weighted by Gasteiger charge is -2.17. The van der Waals surface area contributed by atoms with E-state index in [1.165, 1.54) is 11.1 Å². The lowest BCUT2D eigenvalue weighted by Crippen LogP contribution is -2.33. The van der Waals surface area contributed by atoms with Crippen LogP contribution in [-0.4, -0.2) is 31.4 Å². The predicted octanol–water partition coefficient (Wildman–Crippen LogP) is 2.53. The molecule has 1 amide bonds. The van der Waals surface area contributed by atoms with Crippen molar-refractivity contribution in [2.24, 2.45) is 0 Å². The Kier molecular flexibility index (Phi) is 4.91. The number of likely N-dealkylation sites (N-methyl/N-ethyl adjacent to an activating group) is 2. The molecule has 2 aromatic carbocycles. The Bertz CT molecular complexity index is 549. The smallest absolute Gasteiger partial charge is 0.236 e. The highest BCUT2D eigenvalue weighted by Crippen LogP contribution is 2.19. The minimum absolute atomic E-state index is 0.0969. The molecule has 2 aromatic rings. The van der Waals surface area contributed by atoms with Gasteiger partial charge >= 0.3 is 0 Å². The summed E-state index contributed by atoms with van der Waals surface area (Å²) in [7, 11) is 3.60.